The maximum Gasteiger partial charge on any atom is 0.319 e. The van der Waals surface area contributed by atoms with Crippen LogP contribution in [0.2, 0.25) is 0 Å². The van der Waals surface area contributed by atoms with Gasteiger partial charge in [-0.15, -0.1) is 0 Å². The molecule has 1 aromatic carbocycles. The number of aromatic nitrogens is 4. The van der Waals surface area contributed by atoms with E-state index in [0.29, 0.717) is 22.4 Å². The third-order valence-corrected chi connectivity index (χ3v) is 5.63. The number of benzene rings is 1. The number of carbonyl (C=O) groups excluding carboxylic acids is 1. The second kappa shape index (κ2) is 7.29. The quantitative estimate of drug-likeness (QED) is 0.487. The van der Waals surface area contributed by atoms with Crippen LogP contribution in [-0.4, -0.2) is 31.6 Å². The lowest BCUT2D eigenvalue weighted by Gasteiger charge is -2.13. The molecule has 5 rings (SSSR count). The highest BCUT2D eigenvalue weighted by molar-refractivity contribution is 5.95. The molecule has 0 spiro atoms. The summed E-state index contributed by atoms with van der Waals surface area (Å²) >= 11 is 0. The molecule has 3 aromatic heterocycles. The number of fused-ring (bicyclic) bond motifs is 2. The first kappa shape index (κ1) is 18.4. The molecule has 3 heterocycles. The summed E-state index contributed by atoms with van der Waals surface area (Å²) in [6.45, 7) is 0. The van der Waals surface area contributed by atoms with Crippen molar-refractivity contribution in [3.8, 4) is 11.3 Å². The zero-order valence-electron chi connectivity index (χ0n) is 16.6. The predicted molar refractivity (Wildman–Crippen MR) is 116 cm³/mol. The molecule has 1 saturated carbocycles. The first-order valence-corrected chi connectivity index (χ1v) is 10.1. The van der Waals surface area contributed by atoms with Crippen LogP contribution in [0.3, 0.4) is 0 Å². The van der Waals surface area contributed by atoms with E-state index in [2.05, 4.69) is 25.6 Å². The van der Waals surface area contributed by atoms with Crippen molar-refractivity contribution in [1.82, 2.24) is 24.8 Å². The average molecular weight is 402 g/mol. The lowest BCUT2D eigenvalue weighted by molar-refractivity contribution is 0.248. The predicted octanol–water partition coefficient (Wildman–Crippen LogP) is 3.54. The van der Waals surface area contributed by atoms with Crippen LogP contribution in [0.5, 0.6) is 0 Å². The fraction of sp³-hybridized carbons (Fsp3) is 0.273. The van der Waals surface area contributed by atoms with Gasteiger partial charge in [-0.25, -0.2) is 14.8 Å². The SMILES string of the molecule is Cn1cc(-c2nc3ccc(NC(=O)NC4CCCC4)cc3[nH]c2=O)c2cccnc21. The second-order valence-electron chi connectivity index (χ2n) is 7.75. The van der Waals surface area contributed by atoms with Gasteiger partial charge in [-0.2, -0.15) is 0 Å². The van der Waals surface area contributed by atoms with Crippen LogP contribution >= 0.6 is 0 Å². The third-order valence-electron chi connectivity index (χ3n) is 5.63. The molecule has 8 heteroatoms. The summed E-state index contributed by atoms with van der Waals surface area (Å²) in [5, 5.41) is 6.71. The largest absolute Gasteiger partial charge is 0.335 e. The molecule has 3 N–H and O–H groups in total. The molecule has 8 nitrogen and oxygen atoms in total. The summed E-state index contributed by atoms with van der Waals surface area (Å²) < 4.78 is 1.88. The van der Waals surface area contributed by atoms with E-state index in [1.165, 1.54) is 0 Å². The number of pyridine rings is 1. The number of hydrogen-bond donors (Lipinski definition) is 3. The van der Waals surface area contributed by atoms with Gasteiger partial charge in [0.05, 0.1) is 11.0 Å². The summed E-state index contributed by atoms with van der Waals surface area (Å²) in [6.07, 6.45) is 7.95. The summed E-state index contributed by atoms with van der Waals surface area (Å²) in [7, 11) is 1.89. The monoisotopic (exact) mass is 402 g/mol. The lowest BCUT2D eigenvalue weighted by atomic mass is 10.1. The molecule has 4 aromatic rings. The Labute approximate surface area is 172 Å². The lowest BCUT2D eigenvalue weighted by Crippen LogP contribution is -2.36. The maximum absolute atomic E-state index is 12.8. The zero-order valence-corrected chi connectivity index (χ0v) is 16.6. The van der Waals surface area contributed by atoms with Crippen molar-refractivity contribution in [3.05, 3.63) is 53.1 Å². The number of nitrogens with zero attached hydrogens (tertiary/aromatic N) is 3. The van der Waals surface area contributed by atoms with Crippen molar-refractivity contribution >= 4 is 33.8 Å². The second-order valence-corrected chi connectivity index (χ2v) is 7.75. The van der Waals surface area contributed by atoms with E-state index in [1.54, 1.807) is 24.4 Å². The van der Waals surface area contributed by atoms with E-state index in [0.717, 1.165) is 42.3 Å². The molecule has 30 heavy (non-hydrogen) atoms. The van der Waals surface area contributed by atoms with Crippen LogP contribution in [0, 0.1) is 0 Å². The zero-order chi connectivity index (χ0) is 20.7. The minimum atomic E-state index is -0.286. The highest BCUT2D eigenvalue weighted by atomic mass is 16.2. The van der Waals surface area contributed by atoms with Gasteiger partial charge < -0.3 is 20.2 Å². The number of anilines is 1. The Bertz CT molecular complexity index is 1320. The van der Waals surface area contributed by atoms with Crippen molar-refractivity contribution in [2.45, 2.75) is 31.7 Å². The standard InChI is InChI=1S/C22H22N6O2/c1-28-12-16(15-7-4-10-23-20(15)28)19-21(29)27-18-11-14(8-9-17(18)26-19)25-22(30)24-13-5-2-3-6-13/h4,7-13H,2-3,5-6H2,1H3,(H,27,29)(H2,24,25,30). The third kappa shape index (κ3) is 3.30. The Morgan fingerprint density at radius 2 is 2.07 bits per heavy atom. The smallest absolute Gasteiger partial charge is 0.319 e. The van der Waals surface area contributed by atoms with Crippen LogP contribution in [0.1, 0.15) is 25.7 Å². The van der Waals surface area contributed by atoms with Crippen LogP contribution in [-0.2, 0) is 7.05 Å². The Morgan fingerprint density at radius 1 is 1.23 bits per heavy atom. The Morgan fingerprint density at radius 3 is 2.90 bits per heavy atom. The van der Waals surface area contributed by atoms with Gasteiger partial charge in [0.15, 0.2) is 0 Å². The molecule has 1 fully saturated rings. The molecule has 152 valence electrons. The van der Waals surface area contributed by atoms with Gasteiger partial charge in [-0.1, -0.05) is 12.8 Å². The Kier molecular flexibility index (Phi) is 4.46. The van der Waals surface area contributed by atoms with Crippen molar-refractivity contribution < 1.29 is 4.79 Å². The first-order chi connectivity index (χ1) is 14.6. The first-order valence-electron chi connectivity index (χ1n) is 10.1. The van der Waals surface area contributed by atoms with Gasteiger partial charge in [0, 0.05) is 42.1 Å². The molecular weight excluding hydrogens is 380 g/mol. The number of aromatic amines is 1. The molecule has 0 atom stereocenters. The van der Waals surface area contributed by atoms with Crippen LogP contribution in [0.15, 0.2) is 47.5 Å². The Hall–Kier alpha value is -3.68. The normalized spacial score (nSPS) is 14.4. The number of carbonyl (C=O) groups is 1. The van der Waals surface area contributed by atoms with Crippen molar-refractivity contribution in [2.75, 3.05) is 5.32 Å². The molecule has 0 unspecified atom stereocenters. The van der Waals surface area contributed by atoms with Gasteiger partial charge >= 0.3 is 6.03 Å². The van der Waals surface area contributed by atoms with E-state index in [1.807, 2.05) is 29.9 Å². The fourth-order valence-corrected chi connectivity index (χ4v) is 4.17. The number of urea groups is 1. The highest BCUT2D eigenvalue weighted by Crippen LogP contribution is 2.27. The molecule has 0 radical (unpaired) electrons. The number of H-pyrrole nitrogens is 1. The summed E-state index contributed by atoms with van der Waals surface area (Å²) in [5.74, 6) is 0. The van der Waals surface area contributed by atoms with E-state index in [4.69, 9.17) is 0 Å². The minimum Gasteiger partial charge on any atom is -0.335 e. The molecule has 0 bridgehead atoms. The van der Waals surface area contributed by atoms with Crippen molar-refractivity contribution in [3.63, 3.8) is 0 Å². The number of amides is 2. The molecule has 1 aliphatic rings. The van der Waals surface area contributed by atoms with Gasteiger partial charge in [0.1, 0.15) is 11.3 Å². The van der Waals surface area contributed by atoms with Crippen LogP contribution in [0.25, 0.3) is 33.3 Å². The highest BCUT2D eigenvalue weighted by Gasteiger charge is 2.18. The van der Waals surface area contributed by atoms with Gasteiger partial charge in [-0.3, -0.25) is 4.79 Å². The average Bonchev–Trinajstić information content (AvgIpc) is 3.35. The summed E-state index contributed by atoms with van der Waals surface area (Å²) in [5.41, 5.74) is 3.42. The van der Waals surface area contributed by atoms with Crippen LogP contribution < -0.4 is 16.2 Å². The number of hydrogen-bond acceptors (Lipinski definition) is 4. The molecular formula is C22H22N6O2. The van der Waals surface area contributed by atoms with E-state index in [9.17, 15) is 9.59 Å². The van der Waals surface area contributed by atoms with E-state index in [-0.39, 0.29) is 17.6 Å². The van der Waals surface area contributed by atoms with Crippen molar-refractivity contribution in [2.24, 2.45) is 7.05 Å². The topological polar surface area (TPSA) is 105 Å². The minimum absolute atomic E-state index is 0.226. The number of aryl methyl sites for hydroxylation is 1. The van der Waals surface area contributed by atoms with Gasteiger partial charge in [-0.05, 0) is 43.2 Å². The van der Waals surface area contributed by atoms with Crippen molar-refractivity contribution in [1.29, 1.82) is 0 Å². The summed E-state index contributed by atoms with van der Waals surface area (Å²) in [4.78, 5) is 36.9. The Balaban J connectivity index is 1.47. The molecule has 0 saturated heterocycles. The molecule has 2 amide bonds. The van der Waals surface area contributed by atoms with Gasteiger partial charge in [0.25, 0.3) is 5.56 Å². The fourth-order valence-electron chi connectivity index (χ4n) is 4.17. The van der Waals surface area contributed by atoms with Gasteiger partial charge in [0.2, 0.25) is 0 Å². The number of rotatable bonds is 3. The molecule has 0 aliphatic heterocycles. The van der Waals surface area contributed by atoms with Crippen LogP contribution in [0.4, 0.5) is 10.5 Å². The maximum atomic E-state index is 12.8. The number of nitrogens with one attached hydrogen (secondary N) is 3. The molecule has 1 aliphatic carbocycles. The van der Waals surface area contributed by atoms with E-state index < -0.39 is 0 Å². The van der Waals surface area contributed by atoms with E-state index >= 15 is 0 Å². The summed E-state index contributed by atoms with van der Waals surface area (Å²) in [6, 6.07) is 9.10.